The van der Waals surface area contributed by atoms with E-state index in [4.69, 9.17) is 4.74 Å². The molecule has 6 heteroatoms. The van der Waals surface area contributed by atoms with E-state index in [2.05, 4.69) is 15.7 Å². The second kappa shape index (κ2) is 5.46. The molecule has 0 bridgehead atoms. The van der Waals surface area contributed by atoms with Crippen molar-refractivity contribution in [3.63, 3.8) is 0 Å². The van der Waals surface area contributed by atoms with Crippen molar-refractivity contribution in [1.82, 2.24) is 15.1 Å². The predicted molar refractivity (Wildman–Crippen MR) is 82.1 cm³/mol. The number of hydrogen-bond acceptors (Lipinski definition) is 4. The van der Waals surface area contributed by atoms with Gasteiger partial charge in [0.25, 0.3) is 0 Å². The standard InChI is InChI=1S/C16H18N4O2/c21-16(13-10-22-14-4-2-1-3-12(13)14)18-15-6-8-20(19-15)11-5-7-17-9-11/h1-4,6,8,11,13,17H,5,7,9-10H2,(H,18,19,21)/t11-,13+/m1/s1. The molecule has 1 saturated heterocycles. The van der Waals surface area contributed by atoms with Crippen molar-refractivity contribution in [3.8, 4) is 5.75 Å². The lowest BCUT2D eigenvalue weighted by Gasteiger charge is -2.10. The Balaban J connectivity index is 1.46. The maximum atomic E-state index is 12.5. The fourth-order valence-electron chi connectivity index (χ4n) is 3.07. The first-order valence-electron chi connectivity index (χ1n) is 7.60. The Kier molecular flexibility index (Phi) is 3.31. The molecule has 0 saturated carbocycles. The molecule has 1 aromatic carbocycles. The minimum Gasteiger partial charge on any atom is -0.492 e. The lowest BCUT2D eigenvalue weighted by Crippen LogP contribution is -2.22. The highest BCUT2D eigenvalue weighted by Crippen LogP contribution is 2.34. The van der Waals surface area contributed by atoms with E-state index in [1.807, 2.05) is 41.2 Å². The summed E-state index contributed by atoms with van der Waals surface area (Å²) in [7, 11) is 0. The number of nitrogens with one attached hydrogen (secondary N) is 2. The third-order valence-corrected chi connectivity index (χ3v) is 4.28. The van der Waals surface area contributed by atoms with Crippen molar-refractivity contribution in [1.29, 1.82) is 0 Å². The number of nitrogens with zero attached hydrogens (tertiary/aromatic N) is 2. The van der Waals surface area contributed by atoms with Crippen LogP contribution in [0.5, 0.6) is 5.75 Å². The first-order chi connectivity index (χ1) is 10.8. The summed E-state index contributed by atoms with van der Waals surface area (Å²) in [5, 5.41) is 10.7. The van der Waals surface area contributed by atoms with Crippen molar-refractivity contribution in [3.05, 3.63) is 42.1 Å². The number of fused-ring (bicyclic) bond motifs is 1. The van der Waals surface area contributed by atoms with Gasteiger partial charge >= 0.3 is 0 Å². The Bertz CT molecular complexity index is 691. The number of para-hydroxylation sites is 1. The Labute approximate surface area is 128 Å². The largest absolute Gasteiger partial charge is 0.492 e. The van der Waals surface area contributed by atoms with Crippen molar-refractivity contribution in [2.24, 2.45) is 0 Å². The minimum atomic E-state index is -0.269. The summed E-state index contributed by atoms with van der Waals surface area (Å²) in [6.45, 7) is 2.33. The molecule has 2 aromatic rings. The fraction of sp³-hybridized carbons (Fsp3) is 0.375. The van der Waals surface area contributed by atoms with E-state index in [0.29, 0.717) is 18.5 Å². The van der Waals surface area contributed by atoms with E-state index < -0.39 is 0 Å². The number of carbonyl (C=O) groups excluding carboxylic acids is 1. The van der Waals surface area contributed by atoms with Crippen LogP contribution in [0, 0.1) is 0 Å². The van der Waals surface area contributed by atoms with Crippen LogP contribution in [0.4, 0.5) is 5.82 Å². The van der Waals surface area contributed by atoms with E-state index in [1.165, 1.54) is 0 Å². The highest BCUT2D eigenvalue weighted by molar-refractivity contribution is 5.96. The number of rotatable bonds is 3. The third kappa shape index (κ3) is 2.35. The summed E-state index contributed by atoms with van der Waals surface area (Å²) in [5.74, 6) is 1.06. The molecule has 1 fully saturated rings. The van der Waals surface area contributed by atoms with Crippen LogP contribution in [-0.4, -0.2) is 35.4 Å². The van der Waals surface area contributed by atoms with Crippen LogP contribution in [0.1, 0.15) is 23.9 Å². The molecule has 0 unspecified atom stereocenters. The summed E-state index contributed by atoms with van der Waals surface area (Å²) in [6.07, 6.45) is 2.99. The molecule has 6 nitrogen and oxygen atoms in total. The summed E-state index contributed by atoms with van der Waals surface area (Å²) in [6, 6.07) is 9.89. The SMILES string of the molecule is O=C(Nc1ccn([C@@H]2CCNC2)n1)[C@H]1COc2ccccc21. The number of aromatic nitrogens is 2. The molecule has 2 aliphatic rings. The third-order valence-electron chi connectivity index (χ3n) is 4.28. The zero-order valence-corrected chi connectivity index (χ0v) is 12.2. The molecule has 1 aromatic heterocycles. The monoisotopic (exact) mass is 298 g/mol. The Hall–Kier alpha value is -2.34. The second-order valence-corrected chi connectivity index (χ2v) is 5.72. The molecule has 2 aliphatic heterocycles. The number of benzene rings is 1. The minimum absolute atomic E-state index is 0.0697. The predicted octanol–water partition coefficient (Wildman–Crippen LogP) is 1.53. The lowest BCUT2D eigenvalue weighted by molar-refractivity contribution is -0.117. The van der Waals surface area contributed by atoms with E-state index in [1.54, 1.807) is 0 Å². The van der Waals surface area contributed by atoms with Gasteiger partial charge in [-0.25, -0.2) is 0 Å². The van der Waals surface area contributed by atoms with Crippen LogP contribution >= 0.6 is 0 Å². The molecule has 0 spiro atoms. The fourth-order valence-corrected chi connectivity index (χ4v) is 3.07. The van der Waals surface area contributed by atoms with Gasteiger partial charge < -0.3 is 15.4 Å². The Morgan fingerprint density at radius 2 is 2.27 bits per heavy atom. The maximum Gasteiger partial charge on any atom is 0.236 e. The van der Waals surface area contributed by atoms with Crippen molar-refractivity contribution >= 4 is 11.7 Å². The number of amides is 1. The smallest absolute Gasteiger partial charge is 0.236 e. The number of anilines is 1. The average Bonchev–Trinajstić information content (AvgIpc) is 3.27. The van der Waals surface area contributed by atoms with Gasteiger partial charge in [-0.2, -0.15) is 5.10 Å². The van der Waals surface area contributed by atoms with Crippen LogP contribution < -0.4 is 15.4 Å². The summed E-state index contributed by atoms with van der Waals surface area (Å²) >= 11 is 0. The summed E-state index contributed by atoms with van der Waals surface area (Å²) in [5.41, 5.74) is 0.944. The molecule has 0 aliphatic carbocycles. The molecule has 0 radical (unpaired) electrons. The van der Waals surface area contributed by atoms with Crippen LogP contribution in [0.25, 0.3) is 0 Å². The van der Waals surface area contributed by atoms with Crippen LogP contribution in [-0.2, 0) is 4.79 Å². The molecule has 114 valence electrons. The van der Waals surface area contributed by atoms with Crippen LogP contribution in [0.2, 0.25) is 0 Å². The van der Waals surface area contributed by atoms with Gasteiger partial charge in [0.05, 0.1) is 6.04 Å². The maximum absolute atomic E-state index is 12.5. The molecular formula is C16H18N4O2. The number of carbonyl (C=O) groups is 1. The first-order valence-corrected chi connectivity index (χ1v) is 7.60. The van der Waals surface area contributed by atoms with E-state index in [0.717, 1.165) is 30.8 Å². The molecule has 2 N–H and O–H groups in total. The molecule has 22 heavy (non-hydrogen) atoms. The zero-order chi connectivity index (χ0) is 14.9. The van der Waals surface area contributed by atoms with Gasteiger partial charge in [-0.3, -0.25) is 9.48 Å². The van der Waals surface area contributed by atoms with Gasteiger partial charge in [0.15, 0.2) is 5.82 Å². The molecule has 1 amide bonds. The Morgan fingerprint density at radius 1 is 1.36 bits per heavy atom. The average molecular weight is 298 g/mol. The van der Waals surface area contributed by atoms with Gasteiger partial charge in [-0.15, -0.1) is 0 Å². The number of hydrogen-bond donors (Lipinski definition) is 2. The first kappa shape index (κ1) is 13.3. The Morgan fingerprint density at radius 3 is 3.14 bits per heavy atom. The van der Waals surface area contributed by atoms with Gasteiger partial charge in [0.1, 0.15) is 18.3 Å². The molecular weight excluding hydrogens is 280 g/mol. The highest BCUT2D eigenvalue weighted by atomic mass is 16.5. The van der Waals surface area contributed by atoms with Crippen LogP contribution in [0.15, 0.2) is 36.5 Å². The lowest BCUT2D eigenvalue weighted by atomic mass is 10.0. The highest BCUT2D eigenvalue weighted by Gasteiger charge is 2.30. The topological polar surface area (TPSA) is 68.2 Å². The molecule has 2 atom stereocenters. The van der Waals surface area contributed by atoms with Gasteiger partial charge in [-0.05, 0) is 19.0 Å². The van der Waals surface area contributed by atoms with Crippen molar-refractivity contribution < 1.29 is 9.53 Å². The van der Waals surface area contributed by atoms with Crippen molar-refractivity contribution in [2.45, 2.75) is 18.4 Å². The van der Waals surface area contributed by atoms with E-state index in [-0.39, 0.29) is 11.8 Å². The second-order valence-electron chi connectivity index (χ2n) is 5.72. The summed E-state index contributed by atoms with van der Waals surface area (Å²) < 4.78 is 7.49. The van der Waals surface area contributed by atoms with Gasteiger partial charge in [0, 0.05) is 24.4 Å². The van der Waals surface area contributed by atoms with Crippen LogP contribution in [0.3, 0.4) is 0 Å². The zero-order valence-electron chi connectivity index (χ0n) is 12.2. The normalized spacial score (nSPS) is 23.1. The van der Waals surface area contributed by atoms with Gasteiger partial charge in [-0.1, -0.05) is 18.2 Å². The quantitative estimate of drug-likeness (QED) is 0.902. The molecule has 3 heterocycles. The van der Waals surface area contributed by atoms with E-state index >= 15 is 0 Å². The summed E-state index contributed by atoms with van der Waals surface area (Å²) in [4.78, 5) is 12.5. The van der Waals surface area contributed by atoms with E-state index in [9.17, 15) is 4.79 Å². The van der Waals surface area contributed by atoms with Gasteiger partial charge in [0.2, 0.25) is 5.91 Å². The molecule has 4 rings (SSSR count). The number of ether oxygens (including phenoxy) is 1. The van der Waals surface area contributed by atoms with Crippen molar-refractivity contribution in [2.75, 3.05) is 25.0 Å².